The number of nitrogens with one attached hydrogen (secondary N) is 1. The first-order valence-electron chi connectivity index (χ1n) is 8.71. The summed E-state index contributed by atoms with van der Waals surface area (Å²) in [6.07, 6.45) is 4.22. The molecule has 1 aliphatic rings. The number of anilines is 1. The fourth-order valence-corrected chi connectivity index (χ4v) is 4.36. The number of nitrogens with zero attached hydrogens (tertiary/aromatic N) is 3. The SMILES string of the molecule is COc1ccc(-c2nc(CSc3nnc(NCC4CCCO4)s3)co2)cc1. The molecule has 1 aromatic carbocycles. The van der Waals surface area contributed by atoms with Crippen molar-refractivity contribution in [2.45, 2.75) is 29.0 Å². The van der Waals surface area contributed by atoms with Gasteiger partial charge >= 0.3 is 0 Å². The molecule has 27 heavy (non-hydrogen) atoms. The average Bonchev–Trinajstić information content (AvgIpc) is 3.47. The molecule has 0 aliphatic carbocycles. The van der Waals surface area contributed by atoms with Crippen LogP contribution in [0, 0.1) is 0 Å². The summed E-state index contributed by atoms with van der Waals surface area (Å²) in [5, 5.41) is 12.5. The third-order valence-corrected chi connectivity index (χ3v) is 6.19. The summed E-state index contributed by atoms with van der Waals surface area (Å²) in [4.78, 5) is 4.54. The summed E-state index contributed by atoms with van der Waals surface area (Å²) in [5.41, 5.74) is 1.79. The van der Waals surface area contributed by atoms with Gasteiger partial charge in [-0.25, -0.2) is 4.98 Å². The molecule has 0 bridgehead atoms. The molecule has 2 aromatic heterocycles. The summed E-state index contributed by atoms with van der Waals surface area (Å²) in [6.45, 7) is 1.65. The highest BCUT2D eigenvalue weighted by molar-refractivity contribution is 8.00. The minimum atomic E-state index is 0.288. The van der Waals surface area contributed by atoms with Gasteiger partial charge in [-0.3, -0.25) is 0 Å². The van der Waals surface area contributed by atoms with Crippen molar-refractivity contribution in [2.24, 2.45) is 0 Å². The average molecular weight is 405 g/mol. The number of thioether (sulfide) groups is 1. The topological polar surface area (TPSA) is 82.3 Å². The van der Waals surface area contributed by atoms with Crippen molar-refractivity contribution in [3.8, 4) is 17.2 Å². The molecule has 9 heteroatoms. The fraction of sp³-hybridized carbons (Fsp3) is 0.389. The summed E-state index contributed by atoms with van der Waals surface area (Å²) < 4.78 is 17.3. The van der Waals surface area contributed by atoms with E-state index in [1.165, 1.54) is 0 Å². The van der Waals surface area contributed by atoms with E-state index in [0.29, 0.717) is 11.6 Å². The molecule has 0 amide bonds. The Morgan fingerprint density at radius 2 is 2.19 bits per heavy atom. The maximum Gasteiger partial charge on any atom is 0.226 e. The van der Waals surface area contributed by atoms with Crippen molar-refractivity contribution in [2.75, 3.05) is 25.6 Å². The van der Waals surface area contributed by atoms with Crippen LogP contribution >= 0.6 is 23.1 Å². The van der Waals surface area contributed by atoms with Gasteiger partial charge in [0.25, 0.3) is 0 Å². The molecule has 3 heterocycles. The van der Waals surface area contributed by atoms with E-state index in [0.717, 1.165) is 52.5 Å². The Morgan fingerprint density at radius 3 is 2.96 bits per heavy atom. The van der Waals surface area contributed by atoms with Crippen LogP contribution in [-0.4, -0.2) is 41.5 Å². The van der Waals surface area contributed by atoms with Crippen LogP contribution in [0.2, 0.25) is 0 Å². The van der Waals surface area contributed by atoms with Gasteiger partial charge in [0, 0.05) is 24.5 Å². The molecule has 0 saturated carbocycles. The summed E-state index contributed by atoms with van der Waals surface area (Å²) >= 11 is 3.14. The van der Waals surface area contributed by atoms with E-state index in [4.69, 9.17) is 13.9 Å². The van der Waals surface area contributed by atoms with Crippen LogP contribution in [0.4, 0.5) is 5.13 Å². The van der Waals surface area contributed by atoms with Crippen LogP contribution in [-0.2, 0) is 10.5 Å². The molecule has 1 saturated heterocycles. The molecule has 1 N–H and O–H groups in total. The normalized spacial score (nSPS) is 16.6. The fourth-order valence-electron chi connectivity index (χ4n) is 2.72. The molecule has 0 radical (unpaired) electrons. The van der Waals surface area contributed by atoms with Gasteiger partial charge in [0.1, 0.15) is 12.0 Å². The molecule has 4 rings (SSSR count). The lowest BCUT2D eigenvalue weighted by atomic mass is 10.2. The standard InChI is InChI=1S/C18H20N4O3S2/c1-23-14-6-4-12(5-7-14)16-20-13(10-25-16)11-26-18-22-21-17(27-18)19-9-15-3-2-8-24-15/h4-7,10,15H,2-3,8-9,11H2,1H3,(H,19,21). The van der Waals surface area contributed by atoms with Gasteiger partial charge in [-0.1, -0.05) is 23.1 Å². The van der Waals surface area contributed by atoms with E-state index in [2.05, 4.69) is 20.5 Å². The lowest BCUT2D eigenvalue weighted by molar-refractivity contribution is 0.120. The molecule has 7 nitrogen and oxygen atoms in total. The molecule has 1 unspecified atom stereocenters. The predicted octanol–water partition coefficient (Wildman–Crippen LogP) is 4.08. The van der Waals surface area contributed by atoms with Crippen molar-refractivity contribution in [3.05, 3.63) is 36.2 Å². The number of methoxy groups -OCH3 is 1. The Kier molecular flexibility index (Phi) is 5.90. The second-order valence-electron chi connectivity index (χ2n) is 6.05. The van der Waals surface area contributed by atoms with Crippen molar-refractivity contribution in [1.29, 1.82) is 0 Å². The molecule has 3 aromatic rings. The Bertz CT molecular complexity index is 860. The second-order valence-corrected chi connectivity index (χ2v) is 8.25. The Morgan fingerprint density at radius 1 is 1.30 bits per heavy atom. The smallest absolute Gasteiger partial charge is 0.226 e. The van der Waals surface area contributed by atoms with Crippen LogP contribution in [0.25, 0.3) is 11.5 Å². The van der Waals surface area contributed by atoms with Gasteiger partial charge in [-0.15, -0.1) is 10.2 Å². The first-order chi connectivity index (χ1) is 13.3. The van der Waals surface area contributed by atoms with Crippen LogP contribution < -0.4 is 10.1 Å². The number of benzene rings is 1. The Balaban J connectivity index is 1.29. The quantitative estimate of drug-likeness (QED) is 0.562. The van der Waals surface area contributed by atoms with Gasteiger partial charge in [0.05, 0.1) is 18.9 Å². The number of aromatic nitrogens is 3. The highest BCUT2D eigenvalue weighted by Crippen LogP contribution is 2.29. The summed E-state index contributed by atoms with van der Waals surface area (Å²) in [7, 11) is 1.65. The van der Waals surface area contributed by atoms with Crippen LogP contribution in [0.3, 0.4) is 0 Å². The number of rotatable bonds is 8. The number of hydrogen-bond acceptors (Lipinski definition) is 9. The van der Waals surface area contributed by atoms with Crippen molar-refractivity contribution >= 4 is 28.2 Å². The first kappa shape index (κ1) is 18.3. The molecular weight excluding hydrogens is 384 g/mol. The van der Waals surface area contributed by atoms with Crippen LogP contribution in [0.1, 0.15) is 18.5 Å². The van der Waals surface area contributed by atoms with Gasteiger partial charge in [0.15, 0.2) is 4.34 Å². The highest BCUT2D eigenvalue weighted by atomic mass is 32.2. The van der Waals surface area contributed by atoms with Gasteiger partial charge in [0.2, 0.25) is 11.0 Å². The summed E-state index contributed by atoms with van der Waals surface area (Å²) in [6, 6.07) is 7.64. The minimum Gasteiger partial charge on any atom is -0.497 e. The lowest BCUT2D eigenvalue weighted by Crippen LogP contribution is -2.18. The molecular formula is C18H20N4O3S2. The zero-order valence-electron chi connectivity index (χ0n) is 14.9. The van der Waals surface area contributed by atoms with E-state index in [-0.39, 0.29) is 6.10 Å². The monoisotopic (exact) mass is 404 g/mol. The molecule has 0 spiro atoms. The molecule has 142 valence electrons. The highest BCUT2D eigenvalue weighted by Gasteiger charge is 2.16. The van der Waals surface area contributed by atoms with Crippen molar-refractivity contribution < 1.29 is 13.9 Å². The summed E-state index contributed by atoms with van der Waals surface area (Å²) in [5.74, 6) is 2.09. The predicted molar refractivity (Wildman–Crippen MR) is 105 cm³/mol. The third kappa shape index (κ3) is 4.79. The number of hydrogen-bond donors (Lipinski definition) is 1. The van der Waals surface area contributed by atoms with E-state index < -0.39 is 0 Å². The van der Waals surface area contributed by atoms with Crippen LogP contribution in [0.15, 0.2) is 39.3 Å². The van der Waals surface area contributed by atoms with Crippen molar-refractivity contribution in [1.82, 2.24) is 15.2 Å². The zero-order chi connectivity index (χ0) is 18.5. The van der Waals surface area contributed by atoms with Gasteiger partial charge in [-0.05, 0) is 37.1 Å². The maximum atomic E-state index is 5.60. The molecule has 1 atom stereocenters. The van der Waals surface area contributed by atoms with E-state index in [9.17, 15) is 0 Å². The van der Waals surface area contributed by atoms with E-state index in [1.54, 1.807) is 36.5 Å². The van der Waals surface area contributed by atoms with Gasteiger partial charge < -0.3 is 19.2 Å². The van der Waals surface area contributed by atoms with Crippen LogP contribution in [0.5, 0.6) is 5.75 Å². The lowest BCUT2D eigenvalue weighted by Gasteiger charge is -2.08. The second kappa shape index (κ2) is 8.73. The number of ether oxygens (including phenoxy) is 2. The maximum absolute atomic E-state index is 5.60. The molecule has 1 aliphatic heterocycles. The van der Waals surface area contributed by atoms with E-state index >= 15 is 0 Å². The molecule has 1 fully saturated rings. The Hall–Kier alpha value is -2.10. The number of oxazole rings is 1. The van der Waals surface area contributed by atoms with Crippen molar-refractivity contribution in [3.63, 3.8) is 0 Å². The van der Waals surface area contributed by atoms with Gasteiger partial charge in [-0.2, -0.15) is 0 Å². The first-order valence-corrected chi connectivity index (χ1v) is 10.5. The third-order valence-electron chi connectivity index (χ3n) is 4.14. The zero-order valence-corrected chi connectivity index (χ0v) is 16.5. The Labute approximate surface area is 165 Å². The van der Waals surface area contributed by atoms with E-state index in [1.807, 2.05) is 24.3 Å². The minimum absolute atomic E-state index is 0.288. The largest absolute Gasteiger partial charge is 0.497 e.